The van der Waals surface area contributed by atoms with E-state index in [1.807, 2.05) is 0 Å². The number of carbonyl (C=O) groups excluding carboxylic acids is 1. The van der Waals surface area contributed by atoms with Gasteiger partial charge in [0.2, 0.25) is 5.91 Å². The fraction of sp³-hybridized carbons (Fsp3) is 0.455. The summed E-state index contributed by atoms with van der Waals surface area (Å²) in [5, 5.41) is 5.78. The van der Waals surface area contributed by atoms with Crippen molar-refractivity contribution in [2.45, 2.75) is 12.5 Å². The van der Waals surface area contributed by atoms with Crippen LogP contribution in [0.3, 0.4) is 0 Å². The maximum absolute atomic E-state index is 12.6. The molecule has 2 heterocycles. The van der Waals surface area contributed by atoms with Crippen LogP contribution in [0.5, 0.6) is 0 Å². The minimum Gasteiger partial charge on any atom is -0.378 e. The van der Waals surface area contributed by atoms with Gasteiger partial charge in [-0.25, -0.2) is 9.37 Å². The van der Waals surface area contributed by atoms with E-state index >= 15 is 0 Å². The van der Waals surface area contributed by atoms with Gasteiger partial charge in [0.1, 0.15) is 11.6 Å². The molecule has 0 spiro atoms. The second-order valence-corrected chi connectivity index (χ2v) is 3.84. The first-order chi connectivity index (χ1) is 8.24. The lowest BCUT2D eigenvalue weighted by molar-refractivity contribution is -0.117. The number of aromatic nitrogens is 1. The summed E-state index contributed by atoms with van der Waals surface area (Å²) in [4.78, 5) is 15.4. The molecule has 1 aromatic heterocycles. The monoisotopic (exact) mass is 311 g/mol. The molecule has 0 aliphatic carbocycles. The molecule has 5 nitrogen and oxygen atoms in total. The molecule has 19 heavy (non-hydrogen) atoms. The predicted molar refractivity (Wildman–Crippen MR) is 74.5 cm³/mol. The molecule has 2 N–H and O–H groups in total. The highest BCUT2D eigenvalue weighted by Crippen LogP contribution is 2.05. The van der Waals surface area contributed by atoms with Gasteiger partial charge in [-0.3, -0.25) is 4.79 Å². The van der Waals surface area contributed by atoms with Crippen molar-refractivity contribution in [1.29, 1.82) is 0 Å². The number of nitrogens with zero attached hydrogens (tertiary/aromatic N) is 1. The van der Waals surface area contributed by atoms with E-state index in [4.69, 9.17) is 4.74 Å². The molecule has 0 saturated carbocycles. The number of anilines is 1. The van der Waals surface area contributed by atoms with Gasteiger partial charge in [0.25, 0.3) is 0 Å². The van der Waals surface area contributed by atoms with Crippen LogP contribution in [0.1, 0.15) is 6.42 Å². The molecule has 1 aliphatic heterocycles. The summed E-state index contributed by atoms with van der Waals surface area (Å²) in [6, 6.07) is 2.71. The number of amides is 1. The Morgan fingerprint density at radius 3 is 2.89 bits per heavy atom. The molecule has 1 aromatic rings. The summed E-state index contributed by atoms with van der Waals surface area (Å²) in [5.74, 6) is -0.231. The zero-order valence-corrected chi connectivity index (χ0v) is 11.7. The highest BCUT2D eigenvalue weighted by molar-refractivity contribution is 5.90. The van der Waals surface area contributed by atoms with Crippen LogP contribution in [0, 0.1) is 5.82 Å². The molecule has 2 rings (SSSR count). The fourth-order valence-corrected chi connectivity index (χ4v) is 1.62. The number of halogens is 3. The number of carbonyl (C=O) groups is 1. The quantitative estimate of drug-likeness (QED) is 0.885. The van der Waals surface area contributed by atoms with Crippen molar-refractivity contribution in [2.75, 3.05) is 25.1 Å². The van der Waals surface area contributed by atoms with E-state index in [2.05, 4.69) is 15.6 Å². The number of morpholine rings is 1. The topological polar surface area (TPSA) is 63.2 Å². The Kier molecular flexibility index (Phi) is 8.58. The second-order valence-electron chi connectivity index (χ2n) is 3.84. The SMILES string of the molecule is Cl.Cl.O=C(CC1COCCN1)Nc1ccc(F)cn1. The molecule has 0 bridgehead atoms. The van der Waals surface area contributed by atoms with Crippen LogP contribution >= 0.6 is 24.8 Å². The van der Waals surface area contributed by atoms with Gasteiger partial charge < -0.3 is 15.4 Å². The molecule has 0 radical (unpaired) electrons. The van der Waals surface area contributed by atoms with E-state index in [9.17, 15) is 9.18 Å². The minimum absolute atomic E-state index is 0. The van der Waals surface area contributed by atoms with Crippen LogP contribution in [-0.2, 0) is 9.53 Å². The Bertz CT molecular complexity index is 386. The standard InChI is InChI=1S/C11H14FN3O2.2ClH/c12-8-1-2-10(14-6-8)15-11(16)5-9-7-17-4-3-13-9;;/h1-2,6,9,13H,3-5,7H2,(H,14,15,16);2*1H. The Balaban J connectivity index is 0.00000162. The first kappa shape index (κ1) is 18.0. The van der Waals surface area contributed by atoms with Crippen molar-refractivity contribution >= 4 is 36.5 Å². The normalized spacial score (nSPS) is 17.8. The number of pyridine rings is 1. The van der Waals surface area contributed by atoms with Crippen LogP contribution in [0.25, 0.3) is 0 Å². The number of hydrogen-bond donors (Lipinski definition) is 2. The van der Waals surface area contributed by atoms with E-state index < -0.39 is 5.82 Å². The van der Waals surface area contributed by atoms with Gasteiger partial charge in [-0.05, 0) is 12.1 Å². The Morgan fingerprint density at radius 1 is 1.53 bits per heavy atom. The van der Waals surface area contributed by atoms with Gasteiger partial charge >= 0.3 is 0 Å². The highest BCUT2D eigenvalue weighted by Gasteiger charge is 2.16. The minimum atomic E-state index is -0.426. The number of nitrogens with one attached hydrogen (secondary N) is 2. The molecule has 1 saturated heterocycles. The third kappa shape index (κ3) is 6.15. The number of ether oxygens (including phenoxy) is 1. The van der Waals surface area contributed by atoms with E-state index in [-0.39, 0.29) is 36.8 Å². The molecule has 1 unspecified atom stereocenters. The summed E-state index contributed by atoms with van der Waals surface area (Å²) in [6.45, 7) is 1.97. The van der Waals surface area contributed by atoms with Gasteiger partial charge in [0.15, 0.2) is 0 Å². The molecule has 1 fully saturated rings. The Hall–Kier alpha value is -0.950. The zero-order chi connectivity index (χ0) is 12.1. The summed E-state index contributed by atoms with van der Waals surface area (Å²) in [7, 11) is 0. The lowest BCUT2D eigenvalue weighted by Gasteiger charge is -2.23. The van der Waals surface area contributed by atoms with E-state index in [0.29, 0.717) is 25.5 Å². The first-order valence-electron chi connectivity index (χ1n) is 5.46. The molecule has 0 aromatic carbocycles. The molecule has 8 heteroatoms. The Labute approximate surface area is 123 Å². The molecule has 108 valence electrons. The molecule has 1 amide bonds. The van der Waals surface area contributed by atoms with Crippen LogP contribution in [0.15, 0.2) is 18.3 Å². The third-order valence-electron chi connectivity index (χ3n) is 2.43. The number of rotatable bonds is 3. The van der Waals surface area contributed by atoms with Crippen molar-refractivity contribution in [3.8, 4) is 0 Å². The fourth-order valence-electron chi connectivity index (χ4n) is 1.62. The summed E-state index contributed by atoms with van der Waals surface area (Å²) in [6.07, 6.45) is 1.39. The maximum Gasteiger partial charge on any atom is 0.227 e. The van der Waals surface area contributed by atoms with Gasteiger partial charge in [0, 0.05) is 19.0 Å². The molecule has 1 aliphatic rings. The van der Waals surface area contributed by atoms with Gasteiger partial charge in [0.05, 0.1) is 19.4 Å². The third-order valence-corrected chi connectivity index (χ3v) is 2.43. The summed E-state index contributed by atoms with van der Waals surface area (Å²) >= 11 is 0. The van der Waals surface area contributed by atoms with E-state index in [1.165, 1.54) is 12.1 Å². The molecule has 1 atom stereocenters. The van der Waals surface area contributed by atoms with Crippen molar-refractivity contribution < 1.29 is 13.9 Å². The smallest absolute Gasteiger partial charge is 0.227 e. The zero-order valence-electron chi connectivity index (χ0n) is 10.1. The van der Waals surface area contributed by atoms with Crippen LogP contribution in [0.4, 0.5) is 10.2 Å². The van der Waals surface area contributed by atoms with Crippen molar-refractivity contribution in [1.82, 2.24) is 10.3 Å². The lowest BCUT2D eigenvalue weighted by Crippen LogP contribution is -2.43. The van der Waals surface area contributed by atoms with Gasteiger partial charge in [-0.1, -0.05) is 0 Å². The van der Waals surface area contributed by atoms with Crippen LogP contribution in [0.2, 0.25) is 0 Å². The average Bonchev–Trinajstić information content (AvgIpc) is 2.33. The summed E-state index contributed by atoms with van der Waals surface area (Å²) < 4.78 is 17.8. The average molecular weight is 312 g/mol. The Morgan fingerprint density at radius 2 is 2.32 bits per heavy atom. The lowest BCUT2D eigenvalue weighted by atomic mass is 10.2. The van der Waals surface area contributed by atoms with Crippen molar-refractivity contribution in [3.63, 3.8) is 0 Å². The highest BCUT2D eigenvalue weighted by atomic mass is 35.5. The van der Waals surface area contributed by atoms with Crippen molar-refractivity contribution in [2.24, 2.45) is 0 Å². The number of hydrogen-bond acceptors (Lipinski definition) is 4. The maximum atomic E-state index is 12.6. The molecular weight excluding hydrogens is 296 g/mol. The van der Waals surface area contributed by atoms with E-state index in [0.717, 1.165) is 12.7 Å². The largest absolute Gasteiger partial charge is 0.378 e. The van der Waals surface area contributed by atoms with Gasteiger partial charge in [-0.2, -0.15) is 0 Å². The van der Waals surface area contributed by atoms with Crippen molar-refractivity contribution in [3.05, 3.63) is 24.1 Å². The molecular formula is C11H16Cl2FN3O2. The summed E-state index contributed by atoms with van der Waals surface area (Å²) in [5.41, 5.74) is 0. The first-order valence-corrected chi connectivity index (χ1v) is 5.46. The predicted octanol–water partition coefficient (Wildman–Crippen LogP) is 1.38. The van der Waals surface area contributed by atoms with Crippen LogP contribution < -0.4 is 10.6 Å². The van der Waals surface area contributed by atoms with E-state index in [1.54, 1.807) is 0 Å². The second kappa shape index (κ2) is 9.03. The van der Waals surface area contributed by atoms with Gasteiger partial charge in [-0.15, -0.1) is 24.8 Å². The van der Waals surface area contributed by atoms with Crippen LogP contribution in [-0.4, -0.2) is 36.7 Å².